The first-order valence-electron chi connectivity index (χ1n) is 6.23. The second kappa shape index (κ2) is 5.78. The number of anilines is 1. The van der Waals surface area contributed by atoms with E-state index >= 15 is 0 Å². The van der Waals surface area contributed by atoms with Crippen LogP contribution < -0.4 is 5.32 Å². The van der Waals surface area contributed by atoms with Crippen molar-refractivity contribution < 1.29 is 27.3 Å². The average molecular weight is 321 g/mol. The lowest BCUT2D eigenvalue weighted by molar-refractivity contribution is -0.385. The number of carbonyl (C=O) groups excluding carboxylic acids is 1. The molecular formula is C12H11F4N3O3. The molecule has 1 aliphatic rings. The molecule has 0 spiro atoms. The number of benzene rings is 1. The number of hydrogen-bond donors (Lipinski definition) is 1. The van der Waals surface area contributed by atoms with Crippen molar-refractivity contribution in [3.63, 3.8) is 0 Å². The summed E-state index contributed by atoms with van der Waals surface area (Å²) >= 11 is 0. The van der Waals surface area contributed by atoms with Gasteiger partial charge in [0.15, 0.2) is 5.82 Å². The van der Waals surface area contributed by atoms with Gasteiger partial charge in [-0.05, 0) is 12.5 Å². The minimum absolute atomic E-state index is 0.0886. The molecule has 1 atom stereocenters. The molecule has 1 saturated heterocycles. The largest absolute Gasteiger partial charge is 0.406 e. The van der Waals surface area contributed by atoms with Crippen molar-refractivity contribution in [1.82, 2.24) is 4.90 Å². The first kappa shape index (κ1) is 16.0. The molecule has 0 radical (unpaired) electrons. The van der Waals surface area contributed by atoms with Crippen molar-refractivity contribution in [1.29, 1.82) is 0 Å². The highest BCUT2D eigenvalue weighted by Gasteiger charge is 2.39. The van der Waals surface area contributed by atoms with Crippen LogP contribution in [0.15, 0.2) is 18.2 Å². The molecule has 1 fully saturated rings. The van der Waals surface area contributed by atoms with Crippen LogP contribution in [0.3, 0.4) is 0 Å². The van der Waals surface area contributed by atoms with Gasteiger partial charge in [0.2, 0.25) is 5.91 Å². The van der Waals surface area contributed by atoms with E-state index in [1.54, 1.807) is 0 Å². The first-order valence-corrected chi connectivity index (χ1v) is 6.23. The number of nitrogens with zero attached hydrogens (tertiary/aromatic N) is 2. The topological polar surface area (TPSA) is 75.5 Å². The van der Waals surface area contributed by atoms with Crippen molar-refractivity contribution in [3.05, 3.63) is 34.1 Å². The third kappa shape index (κ3) is 3.62. The van der Waals surface area contributed by atoms with E-state index in [0.717, 1.165) is 12.1 Å². The number of likely N-dealkylation sites (tertiary alicyclic amines) is 1. The van der Waals surface area contributed by atoms with Crippen molar-refractivity contribution in [2.75, 3.05) is 18.4 Å². The van der Waals surface area contributed by atoms with Crippen LogP contribution in [0.5, 0.6) is 0 Å². The zero-order chi connectivity index (χ0) is 16.5. The molecule has 1 unspecified atom stereocenters. The van der Waals surface area contributed by atoms with E-state index in [4.69, 9.17) is 0 Å². The number of non-ortho nitro benzene ring substituents is 1. The summed E-state index contributed by atoms with van der Waals surface area (Å²) in [5, 5.41) is 13.0. The Hall–Kier alpha value is -2.39. The third-order valence-electron chi connectivity index (χ3n) is 3.16. The number of nitrogens with one attached hydrogen (secondary N) is 1. The molecule has 1 heterocycles. The summed E-state index contributed by atoms with van der Waals surface area (Å²) in [7, 11) is 0. The normalized spacial score (nSPS) is 18.6. The molecule has 1 N–H and O–H groups in total. The summed E-state index contributed by atoms with van der Waals surface area (Å²) in [5.74, 6) is -1.73. The Bertz CT molecular complexity index is 606. The Morgan fingerprint density at radius 2 is 2.09 bits per heavy atom. The summed E-state index contributed by atoms with van der Waals surface area (Å²) < 4.78 is 50.5. The molecule has 0 bridgehead atoms. The van der Waals surface area contributed by atoms with E-state index in [2.05, 4.69) is 5.32 Å². The summed E-state index contributed by atoms with van der Waals surface area (Å²) in [5.41, 5.74) is -0.627. The van der Waals surface area contributed by atoms with Crippen LogP contribution in [0.2, 0.25) is 0 Å². The van der Waals surface area contributed by atoms with Crippen molar-refractivity contribution in [2.24, 2.45) is 0 Å². The molecule has 1 amide bonds. The molecule has 6 nitrogen and oxygen atoms in total. The Labute approximate surface area is 121 Å². The van der Waals surface area contributed by atoms with Crippen LogP contribution in [0.1, 0.15) is 6.42 Å². The smallest absolute Gasteiger partial charge is 0.371 e. The molecule has 1 aliphatic heterocycles. The minimum Gasteiger partial charge on any atom is -0.371 e. The standard InChI is InChI=1S/C12H11F4N3O3/c13-8-5-7(19(21)22)1-2-9(8)17-10-3-4-18(11(10)20)6-12(14,15)16/h1-2,5,10,17H,3-4,6H2. The number of halogens is 4. The summed E-state index contributed by atoms with van der Waals surface area (Å²) in [6, 6.07) is 1.80. The highest BCUT2D eigenvalue weighted by molar-refractivity contribution is 5.86. The minimum atomic E-state index is -4.50. The molecule has 22 heavy (non-hydrogen) atoms. The Kier molecular flexibility index (Phi) is 4.20. The number of rotatable bonds is 4. The van der Waals surface area contributed by atoms with E-state index < -0.39 is 41.1 Å². The molecule has 1 aromatic carbocycles. The number of nitro benzene ring substituents is 1. The van der Waals surface area contributed by atoms with Gasteiger partial charge in [0.25, 0.3) is 5.69 Å². The van der Waals surface area contributed by atoms with Crippen molar-refractivity contribution in [2.45, 2.75) is 18.6 Å². The Morgan fingerprint density at radius 1 is 1.41 bits per heavy atom. The van der Waals surface area contributed by atoms with Gasteiger partial charge < -0.3 is 10.2 Å². The molecule has 10 heteroatoms. The van der Waals surface area contributed by atoms with Crippen molar-refractivity contribution in [3.8, 4) is 0 Å². The monoisotopic (exact) mass is 321 g/mol. The Morgan fingerprint density at radius 3 is 2.64 bits per heavy atom. The highest BCUT2D eigenvalue weighted by Crippen LogP contribution is 2.25. The van der Waals surface area contributed by atoms with E-state index in [-0.39, 0.29) is 18.7 Å². The summed E-state index contributed by atoms with van der Waals surface area (Å²) in [6.45, 7) is -1.45. The molecule has 120 valence electrons. The van der Waals surface area contributed by atoms with E-state index in [0.29, 0.717) is 11.0 Å². The van der Waals surface area contributed by atoms with Gasteiger partial charge in [-0.25, -0.2) is 4.39 Å². The lowest BCUT2D eigenvalue weighted by Crippen LogP contribution is -2.39. The number of nitro groups is 1. The van der Waals surface area contributed by atoms with E-state index in [1.165, 1.54) is 0 Å². The zero-order valence-corrected chi connectivity index (χ0v) is 11.1. The SMILES string of the molecule is O=C1C(Nc2ccc([N+](=O)[O-])cc2F)CCN1CC(F)(F)F. The van der Waals surface area contributed by atoms with E-state index in [1.807, 2.05) is 0 Å². The summed E-state index contributed by atoms with van der Waals surface area (Å²) in [6.07, 6.45) is -4.41. The fraction of sp³-hybridized carbons (Fsp3) is 0.417. The molecule has 1 aromatic rings. The van der Waals surface area contributed by atoms with Crippen molar-refractivity contribution >= 4 is 17.3 Å². The lowest BCUT2D eigenvalue weighted by Gasteiger charge is -2.19. The fourth-order valence-corrected chi connectivity index (χ4v) is 2.17. The number of hydrogen-bond acceptors (Lipinski definition) is 4. The third-order valence-corrected chi connectivity index (χ3v) is 3.16. The molecule has 0 aliphatic carbocycles. The molecular weight excluding hydrogens is 310 g/mol. The van der Waals surface area contributed by atoms with Gasteiger partial charge in [-0.2, -0.15) is 13.2 Å². The van der Waals surface area contributed by atoms with Crippen LogP contribution in [0.4, 0.5) is 28.9 Å². The predicted octanol–water partition coefficient (Wildman–Crippen LogP) is 2.31. The van der Waals surface area contributed by atoms with Gasteiger partial charge in [0.1, 0.15) is 12.6 Å². The fourth-order valence-electron chi connectivity index (χ4n) is 2.17. The van der Waals surface area contributed by atoms with E-state index in [9.17, 15) is 32.5 Å². The highest BCUT2D eigenvalue weighted by atomic mass is 19.4. The maximum absolute atomic E-state index is 13.7. The number of amides is 1. The Balaban J connectivity index is 2.06. The van der Waals surface area contributed by atoms with Gasteiger partial charge in [0, 0.05) is 12.6 Å². The second-order valence-corrected chi connectivity index (χ2v) is 4.78. The molecule has 0 aromatic heterocycles. The quantitative estimate of drug-likeness (QED) is 0.524. The van der Waals surface area contributed by atoms with Gasteiger partial charge in [-0.15, -0.1) is 0 Å². The van der Waals surface area contributed by atoms with Crippen LogP contribution in [-0.4, -0.2) is 41.0 Å². The number of alkyl halides is 3. The number of carbonyl (C=O) groups is 1. The molecule has 2 rings (SSSR count). The maximum Gasteiger partial charge on any atom is 0.406 e. The maximum atomic E-state index is 13.7. The van der Waals surface area contributed by atoms with Gasteiger partial charge in [0.05, 0.1) is 16.7 Å². The zero-order valence-electron chi connectivity index (χ0n) is 11.1. The van der Waals surface area contributed by atoms with Crippen LogP contribution >= 0.6 is 0 Å². The average Bonchev–Trinajstić information content (AvgIpc) is 2.71. The predicted molar refractivity (Wildman–Crippen MR) is 67.7 cm³/mol. The molecule has 0 saturated carbocycles. The first-order chi connectivity index (χ1) is 10.2. The van der Waals surface area contributed by atoms with Crippen LogP contribution in [-0.2, 0) is 4.79 Å². The lowest BCUT2D eigenvalue weighted by atomic mass is 10.2. The van der Waals surface area contributed by atoms with Gasteiger partial charge in [-0.3, -0.25) is 14.9 Å². The van der Waals surface area contributed by atoms with Gasteiger partial charge in [-0.1, -0.05) is 0 Å². The van der Waals surface area contributed by atoms with Crippen LogP contribution in [0.25, 0.3) is 0 Å². The summed E-state index contributed by atoms with van der Waals surface area (Å²) in [4.78, 5) is 22.2. The van der Waals surface area contributed by atoms with Crippen LogP contribution in [0, 0.1) is 15.9 Å². The second-order valence-electron chi connectivity index (χ2n) is 4.78. The van der Waals surface area contributed by atoms with Gasteiger partial charge >= 0.3 is 6.18 Å².